The van der Waals surface area contributed by atoms with Crippen molar-refractivity contribution in [3.05, 3.63) is 65.7 Å². The minimum Gasteiger partial charge on any atom is -0.444 e. The predicted molar refractivity (Wildman–Crippen MR) is 112 cm³/mol. The van der Waals surface area contributed by atoms with Crippen LogP contribution in [0.2, 0.25) is 0 Å². The molecule has 0 radical (unpaired) electrons. The molecule has 4 rings (SSSR count). The van der Waals surface area contributed by atoms with Crippen LogP contribution < -0.4 is 10.6 Å². The van der Waals surface area contributed by atoms with Crippen LogP contribution in [0, 0.1) is 6.92 Å². The molecule has 2 N–H and O–H groups in total. The fourth-order valence-corrected chi connectivity index (χ4v) is 3.27. The molecule has 0 aliphatic carbocycles. The minimum absolute atomic E-state index is 0.176. The standard InChI is InChI=1S/C22H25N5O2/c1-16-5-7-17(8-6-16)22-25-19(14-28-22)15-29-26-21(23)18-9-10-20(24-13-18)27-11-3-2-4-12-27/h5-10,13-14H,2-4,11-12,15H2,1H3,(H2,23,26). The van der Waals surface area contributed by atoms with Crippen LogP contribution >= 0.6 is 0 Å². The van der Waals surface area contributed by atoms with Gasteiger partial charge in [0.1, 0.15) is 17.8 Å². The highest BCUT2D eigenvalue weighted by Crippen LogP contribution is 2.20. The molecule has 1 aromatic carbocycles. The van der Waals surface area contributed by atoms with Crippen LogP contribution in [-0.4, -0.2) is 28.9 Å². The Morgan fingerprint density at radius 2 is 1.93 bits per heavy atom. The number of aryl methyl sites for hydroxylation is 1. The van der Waals surface area contributed by atoms with E-state index in [9.17, 15) is 0 Å². The zero-order valence-electron chi connectivity index (χ0n) is 16.5. The lowest BCUT2D eigenvalue weighted by atomic mass is 10.1. The Hall–Kier alpha value is -3.35. The zero-order valence-corrected chi connectivity index (χ0v) is 16.5. The van der Waals surface area contributed by atoms with Gasteiger partial charge in [-0.15, -0.1) is 0 Å². The van der Waals surface area contributed by atoms with Gasteiger partial charge in [-0.2, -0.15) is 0 Å². The lowest BCUT2D eigenvalue weighted by Crippen LogP contribution is -2.30. The third-order valence-electron chi connectivity index (χ3n) is 4.95. The van der Waals surface area contributed by atoms with Crippen LogP contribution in [-0.2, 0) is 11.4 Å². The topological polar surface area (TPSA) is 89.8 Å². The number of oxazole rings is 1. The first-order valence-electron chi connectivity index (χ1n) is 9.87. The van der Waals surface area contributed by atoms with E-state index in [0.717, 1.165) is 30.0 Å². The van der Waals surface area contributed by atoms with Crippen molar-refractivity contribution in [1.82, 2.24) is 9.97 Å². The Balaban J connectivity index is 1.34. The number of amidine groups is 1. The third-order valence-corrected chi connectivity index (χ3v) is 4.95. The number of aromatic nitrogens is 2. The lowest BCUT2D eigenvalue weighted by Gasteiger charge is -2.27. The van der Waals surface area contributed by atoms with Crippen molar-refractivity contribution >= 4 is 11.7 Å². The van der Waals surface area contributed by atoms with Crippen molar-refractivity contribution in [3.8, 4) is 11.5 Å². The second-order valence-electron chi connectivity index (χ2n) is 7.21. The lowest BCUT2D eigenvalue weighted by molar-refractivity contribution is 0.127. The quantitative estimate of drug-likeness (QED) is 0.390. The maximum atomic E-state index is 6.03. The summed E-state index contributed by atoms with van der Waals surface area (Å²) in [5.41, 5.74) is 9.51. The highest BCUT2D eigenvalue weighted by Gasteiger charge is 2.12. The van der Waals surface area contributed by atoms with Gasteiger partial charge in [-0.1, -0.05) is 22.9 Å². The molecule has 7 nitrogen and oxygen atoms in total. The summed E-state index contributed by atoms with van der Waals surface area (Å²) in [6, 6.07) is 11.9. The van der Waals surface area contributed by atoms with Crippen molar-refractivity contribution < 1.29 is 9.25 Å². The van der Waals surface area contributed by atoms with Gasteiger partial charge in [-0.05, 0) is 50.5 Å². The Kier molecular flexibility index (Phi) is 5.74. The van der Waals surface area contributed by atoms with Crippen LogP contribution in [0.3, 0.4) is 0 Å². The molecule has 1 aliphatic heterocycles. The molecule has 3 heterocycles. The van der Waals surface area contributed by atoms with Gasteiger partial charge in [-0.25, -0.2) is 9.97 Å². The number of hydrogen-bond donors (Lipinski definition) is 1. The molecule has 1 fully saturated rings. The fourth-order valence-electron chi connectivity index (χ4n) is 3.27. The first kappa shape index (κ1) is 19.0. The molecule has 0 bridgehead atoms. The number of oxime groups is 1. The first-order chi connectivity index (χ1) is 14.2. The summed E-state index contributed by atoms with van der Waals surface area (Å²) >= 11 is 0. The fraction of sp³-hybridized carbons (Fsp3) is 0.318. The summed E-state index contributed by atoms with van der Waals surface area (Å²) in [6.45, 7) is 4.33. The largest absolute Gasteiger partial charge is 0.444 e. The Morgan fingerprint density at radius 1 is 1.14 bits per heavy atom. The number of pyridine rings is 1. The van der Waals surface area contributed by atoms with E-state index in [2.05, 4.69) is 20.0 Å². The molecule has 0 atom stereocenters. The monoisotopic (exact) mass is 391 g/mol. The van der Waals surface area contributed by atoms with E-state index in [1.165, 1.54) is 24.8 Å². The molecule has 150 valence electrons. The highest BCUT2D eigenvalue weighted by molar-refractivity contribution is 5.96. The summed E-state index contributed by atoms with van der Waals surface area (Å²) in [5.74, 6) is 1.82. The second-order valence-corrected chi connectivity index (χ2v) is 7.21. The third kappa shape index (κ3) is 4.74. The van der Waals surface area contributed by atoms with Gasteiger partial charge < -0.3 is 19.9 Å². The van der Waals surface area contributed by atoms with Crippen LogP contribution in [0.25, 0.3) is 11.5 Å². The van der Waals surface area contributed by atoms with Crippen molar-refractivity contribution in [1.29, 1.82) is 0 Å². The van der Waals surface area contributed by atoms with Gasteiger partial charge in [0.2, 0.25) is 5.89 Å². The van der Waals surface area contributed by atoms with E-state index in [1.54, 1.807) is 12.5 Å². The van der Waals surface area contributed by atoms with E-state index < -0.39 is 0 Å². The molecule has 1 aliphatic rings. The Bertz CT molecular complexity index is 958. The molecular formula is C22H25N5O2. The van der Waals surface area contributed by atoms with Crippen molar-refractivity contribution in [2.75, 3.05) is 18.0 Å². The van der Waals surface area contributed by atoms with Crippen molar-refractivity contribution in [3.63, 3.8) is 0 Å². The number of piperidine rings is 1. The summed E-state index contributed by atoms with van der Waals surface area (Å²) in [4.78, 5) is 16.6. The number of anilines is 1. The van der Waals surface area contributed by atoms with Crippen molar-refractivity contribution in [2.24, 2.45) is 10.9 Å². The zero-order chi connectivity index (χ0) is 20.1. The van der Waals surface area contributed by atoms with Gasteiger partial charge in [0, 0.05) is 30.4 Å². The second kappa shape index (κ2) is 8.77. The van der Waals surface area contributed by atoms with Crippen LogP contribution in [0.1, 0.15) is 36.1 Å². The maximum Gasteiger partial charge on any atom is 0.226 e. The van der Waals surface area contributed by atoms with Crippen molar-refractivity contribution in [2.45, 2.75) is 32.8 Å². The molecule has 3 aromatic rings. The molecular weight excluding hydrogens is 366 g/mol. The Labute approximate surface area is 170 Å². The molecule has 29 heavy (non-hydrogen) atoms. The molecule has 1 saturated heterocycles. The molecule has 7 heteroatoms. The van der Waals surface area contributed by atoms with E-state index in [1.807, 2.05) is 43.3 Å². The average Bonchev–Trinajstić information content (AvgIpc) is 3.24. The van der Waals surface area contributed by atoms with Gasteiger partial charge in [-0.3, -0.25) is 0 Å². The molecule has 0 spiro atoms. The number of hydrogen-bond acceptors (Lipinski definition) is 6. The van der Waals surface area contributed by atoms with E-state index >= 15 is 0 Å². The Morgan fingerprint density at radius 3 is 2.66 bits per heavy atom. The average molecular weight is 391 g/mol. The number of nitrogens with two attached hydrogens (primary N) is 1. The summed E-state index contributed by atoms with van der Waals surface area (Å²) in [5, 5.41) is 3.98. The van der Waals surface area contributed by atoms with Gasteiger partial charge in [0.15, 0.2) is 12.4 Å². The molecule has 0 amide bonds. The highest BCUT2D eigenvalue weighted by atomic mass is 16.6. The molecule has 0 saturated carbocycles. The summed E-state index contributed by atoms with van der Waals surface area (Å²) < 4.78 is 5.52. The van der Waals surface area contributed by atoms with E-state index in [0.29, 0.717) is 11.6 Å². The van der Waals surface area contributed by atoms with E-state index in [-0.39, 0.29) is 12.4 Å². The number of nitrogens with zero attached hydrogens (tertiary/aromatic N) is 4. The normalized spacial score (nSPS) is 14.8. The number of rotatable bonds is 6. The molecule has 2 aromatic heterocycles. The van der Waals surface area contributed by atoms with Gasteiger partial charge >= 0.3 is 0 Å². The maximum absolute atomic E-state index is 6.03. The molecule has 0 unspecified atom stereocenters. The van der Waals surface area contributed by atoms with Crippen LogP contribution in [0.15, 0.2) is 58.4 Å². The van der Waals surface area contributed by atoms with Gasteiger partial charge in [0.05, 0.1) is 0 Å². The van der Waals surface area contributed by atoms with Gasteiger partial charge in [0.25, 0.3) is 0 Å². The first-order valence-corrected chi connectivity index (χ1v) is 9.87. The minimum atomic E-state index is 0.176. The summed E-state index contributed by atoms with van der Waals surface area (Å²) in [6.07, 6.45) is 7.03. The predicted octanol–water partition coefficient (Wildman–Crippen LogP) is 3.87. The summed E-state index contributed by atoms with van der Waals surface area (Å²) in [7, 11) is 0. The smallest absolute Gasteiger partial charge is 0.226 e. The van der Waals surface area contributed by atoms with Crippen LogP contribution in [0.5, 0.6) is 0 Å². The van der Waals surface area contributed by atoms with Crippen LogP contribution in [0.4, 0.5) is 5.82 Å². The number of benzene rings is 1. The SMILES string of the molecule is Cc1ccc(-c2nc(CO/N=C(/N)c3ccc(N4CCCCC4)nc3)co2)cc1. The van der Waals surface area contributed by atoms with E-state index in [4.69, 9.17) is 15.0 Å².